The molecule has 3 fully saturated rings. The first-order valence-electron chi connectivity index (χ1n) is 11.0. The number of nitrogens with zero attached hydrogens (tertiary/aromatic N) is 1. The number of benzene rings is 3. The minimum absolute atomic E-state index is 0.0251. The fourth-order valence-electron chi connectivity index (χ4n) is 6.24. The number of amides is 2. The summed E-state index contributed by atoms with van der Waals surface area (Å²) in [7, 11) is 0. The van der Waals surface area contributed by atoms with Gasteiger partial charge in [-0.1, -0.05) is 42.5 Å². The van der Waals surface area contributed by atoms with E-state index in [-0.39, 0.29) is 35.5 Å². The van der Waals surface area contributed by atoms with Gasteiger partial charge in [-0.25, -0.2) is 0 Å². The van der Waals surface area contributed by atoms with Gasteiger partial charge in [-0.2, -0.15) is 0 Å². The molecule has 4 aliphatic carbocycles. The molecule has 2 saturated carbocycles. The SMILES string of the molecule is O=C1[C@@H]2[C@H]3C=C[C@@H]([C@@H]4C[C@H]34)[C@@H]2C(=O)N1c1ccc(Oc2ccc3ccccc3c2)cc1. The van der Waals surface area contributed by atoms with Crippen molar-refractivity contribution in [1.82, 2.24) is 0 Å². The van der Waals surface area contributed by atoms with Gasteiger partial charge >= 0.3 is 0 Å². The highest BCUT2D eigenvalue weighted by Gasteiger charge is 2.67. The summed E-state index contributed by atoms with van der Waals surface area (Å²) in [5.74, 6) is 2.78. The quantitative estimate of drug-likeness (QED) is 0.443. The molecule has 0 spiro atoms. The molecule has 4 nitrogen and oxygen atoms in total. The van der Waals surface area contributed by atoms with Crippen molar-refractivity contribution >= 4 is 28.3 Å². The number of anilines is 1. The number of hydrogen-bond acceptors (Lipinski definition) is 3. The average Bonchev–Trinajstić information content (AvgIpc) is 3.58. The predicted molar refractivity (Wildman–Crippen MR) is 118 cm³/mol. The topological polar surface area (TPSA) is 46.6 Å². The largest absolute Gasteiger partial charge is 0.457 e. The Balaban J connectivity index is 1.15. The minimum atomic E-state index is -0.167. The third-order valence-corrected chi connectivity index (χ3v) is 7.71. The number of imide groups is 1. The molecule has 6 atom stereocenters. The van der Waals surface area contributed by atoms with Gasteiger partial charge in [-0.3, -0.25) is 14.5 Å². The highest BCUT2D eigenvalue weighted by Crippen LogP contribution is 2.65. The Bertz CT molecular complexity index is 1240. The number of rotatable bonds is 3. The van der Waals surface area contributed by atoms with E-state index >= 15 is 0 Å². The van der Waals surface area contributed by atoms with Crippen molar-refractivity contribution in [3.8, 4) is 11.5 Å². The van der Waals surface area contributed by atoms with Crippen LogP contribution in [-0.2, 0) is 9.59 Å². The number of carbonyl (C=O) groups is 2. The molecule has 3 aromatic rings. The fourth-order valence-corrected chi connectivity index (χ4v) is 6.24. The van der Waals surface area contributed by atoms with Crippen LogP contribution in [0.5, 0.6) is 11.5 Å². The van der Waals surface area contributed by atoms with Crippen LogP contribution in [-0.4, -0.2) is 11.8 Å². The van der Waals surface area contributed by atoms with Gasteiger partial charge in [-0.05, 0) is 77.3 Å². The van der Waals surface area contributed by atoms with Crippen molar-refractivity contribution < 1.29 is 14.3 Å². The monoisotopic (exact) mass is 407 g/mol. The van der Waals surface area contributed by atoms with E-state index in [2.05, 4.69) is 24.3 Å². The second-order valence-electron chi connectivity index (χ2n) is 9.27. The Morgan fingerprint density at radius 3 is 2.00 bits per heavy atom. The molecule has 31 heavy (non-hydrogen) atoms. The summed E-state index contributed by atoms with van der Waals surface area (Å²) in [6.45, 7) is 0. The first kappa shape index (κ1) is 17.3. The van der Waals surface area contributed by atoms with E-state index in [0.717, 1.165) is 11.1 Å². The molecule has 2 bridgehead atoms. The lowest BCUT2D eigenvalue weighted by molar-refractivity contribution is -0.124. The number of allylic oxidation sites excluding steroid dienone is 2. The van der Waals surface area contributed by atoms with Crippen molar-refractivity contribution in [2.24, 2.45) is 35.5 Å². The zero-order valence-corrected chi connectivity index (χ0v) is 16.8. The van der Waals surface area contributed by atoms with Gasteiger partial charge in [0.15, 0.2) is 0 Å². The molecule has 1 heterocycles. The van der Waals surface area contributed by atoms with Crippen LogP contribution in [0.4, 0.5) is 5.69 Å². The summed E-state index contributed by atoms with van der Waals surface area (Å²) >= 11 is 0. The summed E-state index contributed by atoms with van der Waals surface area (Å²) in [6.07, 6.45) is 5.58. The summed E-state index contributed by atoms with van der Waals surface area (Å²) < 4.78 is 6.02. The lowest BCUT2D eigenvalue weighted by Crippen LogP contribution is -2.40. The lowest BCUT2D eigenvalue weighted by atomic mass is 9.63. The molecule has 0 unspecified atom stereocenters. The summed E-state index contributed by atoms with van der Waals surface area (Å²) in [6, 6.07) is 21.4. The van der Waals surface area contributed by atoms with Gasteiger partial charge in [0.25, 0.3) is 0 Å². The van der Waals surface area contributed by atoms with E-state index < -0.39 is 0 Å². The second kappa shape index (κ2) is 6.07. The molecule has 0 radical (unpaired) electrons. The number of carbonyl (C=O) groups excluding carboxylic acids is 2. The van der Waals surface area contributed by atoms with Crippen LogP contribution in [0.15, 0.2) is 78.9 Å². The molecular weight excluding hydrogens is 386 g/mol. The standard InChI is InChI=1S/C27H21NO3/c29-26-24-20-11-12-21(23-14-22(20)23)25(24)27(30)28(26)17-6-9-18(10-7-17)31-19-8-5-15-3-1-2-4-16(15)13-19/h1-13,20-25H,14H2/t20-,21-,22-,23+,24-,25+/m0/s1. The van der Waals surface area contributed by atoms with Gasteiger partial charge in [0.2, 0.25) is 11.8 Å². The maximum atomic E-state index is 13.2. The molecule has 152 valence electrons. The Hall–Kier alpha value is -3.40. The van der Waals surface area contributed by atoms with Gasteiger partial charge in [0, 0.05) is 0 Å². The van der Waals surface area contributed by atoms with Crippen LogP contribution < -0.4 is 9.64 Å². The van der Waals surface area contributed by atoms with E-state index in [4.69, 9.17) is 4.74 Å². The van der Waals surface area contributed by atoms with Crippen molar-refractivity contribution in [1.29, 1.82) is 0 Å². The maximum absolute atomic E-state index is 13.2. The van der Waals surface area contributed by atoms with E-state index in [1.54, 1.807) is 0 Å². The molecule has 5 aliphatic rings. The molecule has 4 heteroatoms. The highest BCUT2D eigenvalue weighted by molar-refractivity contribution is 6.22. The fraction of sp³-hybridized carbons (Fsp3) is 0.259. The van der Waals surface area contributed by atoms with Gasteiger partial charge in [0.1, 0.15) is 11.5 Å². The third kappa shape index (κ3) is 2.42. The van der Waals surface area contributed by atoms with Crippen LogP contribution >= 0.6 is 0 Å². The Kier molecular flexibility index (Phi) is 3.39. The van der Waals surface area contributed by atoms with Gasteiger partial charge in [0.05, 0.1) is 17.5 Å². The van der Waals surface area contributed by atoms with Gasteiger partial charge in [-0.15, -0.1) is 0 Å². The molecule has 0 N–H and O–H groups in total. The van der Waals surface area contributed by atoms with Gasteiger partial charge < -0.3 is 4.74 Å². The lowest BCUT2D eigenvalue weighted by Gasteiger charge is -2.37. The van der Waals surface area contributed by atoms with Crippen molar-refractivity contribution in [3.05, 3.63) is 78.9 Å². The van der Waals surface area contributed by atoms with Crippen molar-refractivity contribution in [3.63, 3.8) is 0 Å². The zero-order valence-electron chi connectivity index (χ0n) is 16.8. The van der Waals surface area contributed by atoms with Crippen molar-refractivity contribution in [2.75, 3.05) is 4.90 Å². The Morgan fingerprint density at radius 1 is 0.710 bits per heavy atom. The molecule has 2 amide bonds. The zero-order chi connectivity index (χ0) is 20.7. The molecule has 8 rings (SSSR count). The van der Waals surface area contributed by atoms with Crippen LogP contribution in [0.1, 0.15) is 6.42 Å². The molecule has 3 aromatic carbocycles. The smallest absolute Gasteiger partial charge is 0.238 e. The summed E-state index contributed by atoms with van der Waals surface area (Å²) in [5, 5.41) is 2.28. The average molecular weight is 407 g/mol. The van der Waals surface area contributed by atoms with Crippen LogP contribution in [0, 0.1) is 35.5 Å². The van der Waals surface area contributed by atoms with E-state index in [1.165, 1.54) is 16.7 Å². The third-order valence-electron chi connectivity index (χ3n) is 7.71. The van der Waals surface area contributed by atoms with Crippen LogP contribution in [0.3, 0.4) is 0 Å². The summed E-state index contributed by atoms with van der Waals surface area (Å²) in [4.78, 5) is 27.9. The summed E-state index contributed by atoms with van der Waals surface area (Å²) in [5.41, 5.74) is 0.642. The molecule has 0 aromatic heterocycles. The maximum Gasteiger partial charge on any atom is 0.238 e. The molecule has 1 saturated heterocycles. The van der Waals surface area contributed by atoms with Crippen LogP contribution in [0.25, 0.3) is 10.8 Å². The first-order valence-corrected chi connectivity index (χ1v) is 11.0. The first-order chi connectivity index (χ1) is 15.2. The van der Waals surface area contributed by atoms with Crippen molar-refractivity contribution in [2.45, 2.75) is 6.42 Å². The Labute approximate surface area is 180 Å². The predicted octanol–water partition coefficient (Wildman–Crippen LogP) is 5.19. The number of fused-ring (bicyclic) bond motifs is 1. The van der Waals surface area contributed by atoms with E-state index in [1.807, 2.05) is 54.6 Å². The van der Waals surface area contributed by atoms with E-state index in [0.29, 0.717) is 23.3 Å². The molecular formula is C27H21NO3. The number of ether oxygens (including phenoxy) is 1. The van der Waals surface area contributed by atoms with Crippen LogP contribution in [0.2, 0.25) is 0 Å². The number of hydrogen-bond donors (Lipinski definition) is 0. The minimum Gasteiger partial charge on any atom is -0.457 e. The Morgan fingerprint density at radius 2 is 1.32 bits per heavy atom. The highest BCUT2D eigenvalue weighted by atomic mass is 16.5. The second-order valence-corrected chi connectivity index (χ2v) is 9.27. The molecule has 1 aliphatic heterocycles. The van der Waals surface area contributed by atoms with E-state index in [9.17, 15) is 9.59 Å². The normalized spacial score (nSPS) is 32.3.